The molecule has 0 radical (unpaired) electrons. The van der Waals surface area contributed by atoms with E-state index >= 15 is 0 Å². The molecule has 2 aliphatic rings. The van der Waals surface area contributed by atoms with Crippen LogP contribution in [0.25, 0.3) is 0 Å². The smallest absolute Gasteiger partial charge is 0.222 e. The molecule has 1 unspecified atom stereocenters. The maximum Gasteiger partial charge on any atom is 0.222 e. The van der Waals surface area contributed by atoms with Crippen LogP contribution in [-0.4, -0.2) is 69.4 Å². The second-order valence-electron chi connectivity index (χ2n) is 7.23. The van der Waals surface area contributed by atoms with E-state index in [0.29, 0.717) is 24.8 Å². The molecular weight excluding hydrogens is 316 g/mol. The standard InChI is InChI=1S/C15H28N4O3S/c1-15(2)6-8-19(11-15)14(16-3)17-7-4-13(20)18-12-5-9-23(21,22)10-12/h12H,4-11H2,1-3H3,(H,16,17)(H,18,20). The SMILES string of the molecule is CN=C(NCCC(=O)NC1CCS(=O)(=O)C1)N1CCC(C)(C)C1. The molecule has 0 aromatic heterocycles. The Labute approximate surface area is 138 Å². The number of likely N-dealkylation sites (tertiary alicyclic amines) is 1. The van der Waals surface area contributed by atoms with Gasteiger partial charge in [0.05, 0.1) is 11.5 Å². The van der Waals surface area contributed by atoms with Gasteiger partial charge in [-0.25, -0.2) is 8.42 Å². The molecule has 2 rings (SSSR count). The zero-order valence-corrected chi connectivity index (χ0v) is 15.1. The van der Waals surface area contributed by atoms with Crippen LogP contribution in [0.2, 0.25) is 0 Å². The van der Waals surface area contributed by atoms with Crippen LogP contribution in [0.4, 0.5) is 0 Å². The molecule has 7 nitrogen and oxygen atoms in total. The average Bonchev–Trinajstić information content (AvgIpc) is 2.97. The molecular formula is C15H28N4O3S. The number of amides is 1. The molecule has 2 heterocycles. The highest BCUT2D eigenvalue weighted by molar-refractivity contribution is 7.91. The van der Waals surface area contributed by atoms with Crippen molar-refractivity contribution in [3.05, 3.63) is 0 Å². The molecule has 2 saturated heterocycles. The van der Waals surface area contributed by atoms with Gasteiger partial charge in [-0.05, 0) is 18.3 Å². The fourth-order valence-electron chi connectivity index (χ4n) is 3.12. The molecule has 0 saturated carbocycles. The first-order chi connectivity index (χ1) is 10.7. The van der Waals surface area contributed by atoms with Crippen molar-refractivity contribution in [2.75, 3.05) is 38.2 Å². The van der Waals surface area contributed by atoms with E-state index < -0.39 is 9.84 Å². The fourth-order valence-corrected chi connectivity index (χ4v) is 4.80. The van der Waals surface area contributed by atoms with Gasteiger partial charge in [-0.3, -0.25) is 9.79 Å². The Morgan fingerprint density at radius 2 is 2.13 bits per heavy atom. The lowest BCUT2D eigenvalue weighted by molar-refractivity contribution is -0.121. The van der Waals surface area contributed by atoms with Crippen LogP contribution >= 0.6 is 0 Å². The minimum absolute atomic E-state index is 0.0662. The van der Waals surface area contributed by atoms with E-state index in [2.05, 4.69) is 34.4 Å². The molecule has 0 aromatic carbocycles. The van der Waals surface area contributed by atoms with Gasteiger partial charge in [0.15, 0.2) is 15.8 Å². The molecule has 132 valence electrons. The Hall–Kier alpha value is -1.31. The molecule has 1 amide bonds. The number of carbonyl (C=O) groups is 1. The van der Waals surface area contributed by atoms with Crippen molar-refractivity contribution < 1.29 is 13.2 Å². The van der Waals surface area contributed by atoms with Gasteiger partial charge in [-0.15, -0.1) is 0 Å². The predicted octanol–water partition coefficient (Wildman–Crippen LogP) is -0.0129. The Bertz CT molecular complexity index is 571. The Morgan fingerprint density at radius 3 is 2.65 bits per heavy atom. The highest BCUT2D eigenvalue weighted by Crippen LogP contribution is 2.28. The first-order valence-corrected chi connectivity index (χ1v) is 9.98. The van der Waals surface area contributed by atoms with Crippen molar-refractivity contribution in [1.29, 1.82) is 0 Å². The third-order valence-corrected chi connectivity index (χ3v) is 6.19. The van der Waals surface area contributed by atoms with E-state index in [1.165, 1.54) is 0 Å². The molecule has 0 aromatic rings. The number of rotatable bonds is 4. The number of hydrogen-bond acceptors (Lipinski definition) is 4. The van der Waals surface area contributed by atoms with Crippen LogP contribution in [0.1, 0.15) is 33.1 Å². The monoisotopic (exact) mass is 344 g/mol. The van der Waals surface area contributed by atoms with Gasteiger partial charge in [-0.2, -0.15) is 0 Å². The lowest BCUT2D eigenvalue weighted by Crippen LogP contribution is -2.43. The van der Waals surface area contributed by atoms with E-state index in [1.54, 1.807) is 7.05 Å². The molecule has 2 N–H and O–H groups in total. The molecule has 0 aliphatic carbocycles. The van der Waals surface area contributed by atoms with Gasteiger partial charge in [0.1, 0.15) is 0 Å². The first-order valence-electron chi connectivity index (χ1n) is 8.16. The number of aliphatic imine (C=N–C) groups is 1. The predicted molar refractivity (Wildman–Crippen MR) is 91.2 cm³/mol. The van der Waals surface area contributed by atoms with Crippen molar-refractivity contribution in [3.63, 3.8) is 0 Å². The molecule has 1 atom stereocenters. The van der Waals surface area contributed by atoms with E-state index in [-0.39, 0.29) is 23.5 Å². The van der Waals surface area contributed by atoms with Crippen molar-refractivity contribution in [3.8, 4) is 0 Å². The third kappa shape index (κ3) is 5.37. The van der Waals surface area contributed by atoms with Crippen LogP contribution < -0.4 is 10.6 Å². The maximum atomic E-state index is 11.9. The number of nitrogens with one attached hydrogen (secondary N) is 2. The largest absolute Gasteiger partial charge is 0.356 e. The van der Waals surface area contributed by atoms with Crippen LogP contribution in [-0.2, 0) is 14.6 Å². The van der Waals surface area contributed by atoms with Crippen molar-refractivity contribution in [1.82, 2.24) is 15.5 Å². The summed E-state index contributed by atoms with van der Waals surface area (Å²) >= 11 is 0. The van der Waals surface area contributed by atoms with E-state index in [9.17, 15) is 13.2 Å². The molecule has 2 aliphatic heterocycles. The Morgan fingerprint density at radius 1 is 1.39 bits per heavy atom. The maximum absolute atomic E-state index is 11.9. The molecule has 8 heteroatoms. The minimum atomic E-state index is -2.96. The molecule has 2 fully saturated rings. The number of nitrogens with zero attached hydrogens (tertiary/aromatic N) is 2. The summed E-state index contributed by atoms with van der Waals surface area (Å²) in [5, 5.41) is 6.02. The minimum Gasteiger partial charge on any atom is -0.356 e. The zero-order chi connectivity index (χ0) is 17.1. The lowest BCUT2D eigenvalue weighted by Gasteiger charge is -2.23. The van der Waals surface area contributed by atoms with Crippen LogP contribution in [0.15, 0.2) is 4.99 Å². The summed E-state index contributed by atoms with van der Waals surface area (Å²) in [4.78, 5) is 18.4. The lowest BCUT2D eigenvalue weighted by atomic mass is 9.93. The number of hydrogen-bond donors (Lipinski definition) is 2. The summed E-state index contributed by atoms with van der Waals surface area (Å²) in [6.07, 6.45) is 1.96. The highest BCUT2D eigenvalue weighted by atomic mass is 32.2. The summed E-state index contributed by atoms with van der Waals surface area (Å²) < 4.78 is 22.8. The molecule has 23 heavy (non-hydrogen) atoms. The normalized spacial score (nSPS) is 26.3. The van der Waals surface area contributed by atoms with Crippen LogP contribution in [0.3, 0.4) is 0 Å². The first kappa shape index (κ1) is 18.0. The Kier molecular flexibility index (Phi) is 5.54. The van der Waals surface area contributed by atoms with E-state index in [1.807, 2.05) is 0 Å². The van der Waals surface area contributed by atoms with Gasteiger partial charge in [0, 0.05) is 39.1 Å². The van der Waals surface area contributed by atoms with Gasteiger partial charge in [-0.1, -0.05) is 13.8 Å². The van der Waals surface area contributed by atoms with E-state index in [4.69, 9.17) is 0 Å². The van der Waals surface area contributed by atoms with Gasteiger partial charge >= 0.3 is 0 Å². The summed E-state index contributed by atoms with van der Waals surface area (Å²) in [5.41, 5.74) is 0.295. The summed E-state index contributed by atoms with van der Waals surface area (Å²) in [6.45, 7) is 6.90. The average molecular weight is 344 g/mol. The topological polar surface area (TPSA) is 90.9 Å². The van der Waals surface area contributed by atoms with Crippen molar-refractivity contribution in [2.24, 2.45) is 10.4 Å². The van der Waals surface area contributed by atoms with Gasteiger partial charge < -0.3 is 15.5 Å². The molecule has 0 bridgehead atoms. The third-order valence-electron chi connectivity index (χ3n) is 4.42. The quantitative estimate of drug-likeness (QED) is 0.553. The Balaban J connectivity index is 1.70. The number of guanidine groups is 1. The molecule has 0 spiro atoms. The van der Waals surface area contributed by atoms with Crippen molar-refractivity contribution in [2.45, 2.75) is 39.2 Å². The summed E-state index contributed by atoms with van der Waals surface area (Å²) in [5.74, 6) is 0.952. The summed E-state index contributed by atoms with van der Waals surface area (Å²) in [7, 11) is -1.21. The number of carbonyl (C=O) groups excluding carboxylic acids is 1. The van der Waals surface area contributed by atoms with Gasteiger partial charge in [0.2, 0.25) is 5.91 Å². The van der Waals surface area contributed by atoms with Crippen molar-refractivity contribution >= 4 is 21.7 Å². The second-order valence-corrected chi connectivity index (χ2v) is 9.46. The van der Waals surface area contributed by atoms with Gasteiger partial charge in [0.25, 0.3) is 0 Å². The van der Waals surface area contributed by atoms with E-state index in [0.717, 1.165) is 25.5 Å². The summed E-state index contributed by atoms with van der Waals surface area (Å²) in [6, 6.07) is -0.230. The highest BCUT2D eigenvalue weighted by Gasteiger charge is 2.31. The number of sulfone groups is 1. The fraction of sp³-hybridized carbons (Fsp3) is 0.867. The second kappa shape index (κ2) is 7.07. The van der Waals surface area contributed by atoms with Crippen LogP contribution in [0, 0.1) is 5.41 Å². The zero-order valence-electron chi connectivity index (χ0n) is 14.3. The van der Waals surface area contributed by atoms with Crippen LogP contribution in [0.5, 0.6) is 0 Å².